The van der Waals surface area contributed by atoms with Crippen molar-refractivity contribution in [1.82, 2.24) is 0 Å². The van der Waals surface area contributed by atoms with Crippen molar-refractivity contribution in [3.05, 3.63) is 71.8 Å². The summed E-state index contributed by atoms with van der Waals surface area (Å²) in [6.45, 7) is -0.278. The maximum atomic E-state index is 9.24. The van der Waals surface area contributed by atoms with Gasteiger partial charge in [0.2, 0.25) is 0 Å². The van der Waals surface area contributed by atoms with Crippen LogP contribution in [0.5, 0.6) is 0 Å². The van der Waals surface area contributed by atoms with Crippen LogP contribution in [0, 0.1) is 0 Å². The lowest BCUT2D eigenvalue weighted by Crippen LogP contribution is -2.11. The molecule has 0 saturated carbocycles. The highest BCUT2D eigenvalue weighted by atomic mass is 16.4. The van der Waals surface area contributed by atoms with Crippen LogP contribution in [0.1, 0.15) is 17.2 Å². The Hall–Kier alpha value is -2.17. The second kappa shape index (κ2) is 8.02. The van der Waals surface area contributed by atoms with Crippen molar-refractivity contribution >= 4 is 5.97 Å². The van der Waals surface area contributed by atoms with Crippen molar-refractivity contribution in [1.29, 1.82) is 0 Å². The zero-order valence-electron chi connectivity index (χ0n) is 10.6. The molecule has 19 heavy (non-hydrogen) atoms. The highest BCUT2D eigenvalue weighted by Gasteiger charge is 2.06. The maximum absolute atomic E-state index is 9.24. The number of hydrogen-bond acceptors (Lipinski definition) is 3. The van der Waals surface area contributed by atoms with Crippen LogP contribution in [0.25, 0.3) is 0 Å². The van der Waals surface area contributed by atoms with Crippen LogP contribution in [0.15, 0.2) is 60.7 Å². The van der Waals surface area contributed by atoms with Gasteiger partial charge in [-0.2, -0.15) is 0 Å². The van der Waals surface area contributed by atoms with Crippen molar-refractivity contribution in [2.75, 3.05) is 6.54 Å². The number of rotatable bonds is 3. The standard InChI is InChI=1S/C13H13N.C2H5NO2/c14-13(11-7-3-1-4-8-11)12-9-5-2-6-10-12;3-1-2(4)5/h1-10,13H,14H2;1,3H2,(H,4,5). The second-order valence-corrected chi connectivity index (χ2v) is 3.90. The molecule has 0 spiro atoms. The van der Waals surface area contributed by atoms with Gasteiger partial charge in [-0.3, -0.25) is 4.79 Å². The largest absolute Gasteiger partial charge is 0.480 e. The molecule has 0 fully saturated rings. The molecule has 0 aromatic heterocycles. The molecule has 0 atom stereocenters. The topological polar surface area (TPSA) is 89.3 Å². The van der Waals surface area contributed by atoms with Crippen molar-refractivity contribution in [3.63, 3.8) is 0 Å². The molecule has 0 heterocycles. The van der Waals surface area contributed by atoms with E-state index in [-0.39, 0.29) is 12.6 Å². The molecule has 2 aromatic rings. The van der Waals surface area contributed by atoms with E-state index in [0.717, 1.165) is 11.1 Å². The van der Waals surface area contributed by atoms with Crippen LogP contribution < -0.4 is 11.5 Å². The van der Waals surface area contributed by atoms with Gasteiger partial charge in [-0.15, -0.1) is 0 Å². The third-order valence-corrected chi connectivity index (χ3v) is 2.49. The first-order chi connectivity index (χ1) is 9.15. The zero-order valence-corrected chi connectivity index (χ0v) is 10.6. The minimum absolute atomic E-state index is 0.0163. The Bertz CT molecular complexity index is 447. The van der Waals surface area contributed by atoms with Crippen molar-refractivity contribution in [3.8, 4) is 0 Å². The van der Waals surface area contributed by atoms with E-state index in [4.69, 9.17) is 10.8 Å². The quantitative estimate of drug-likeness (QED) is 0.782. The molecule has 2 rings (SSSR count). The Labute approximate surface area is 112 Å². The van der Waals surface area contributed by atoms with Gasteiger partial charge in [0, 0.05) is 0 Å². The maximum Gasteiger partial charge on any atom is 0.317 e. The number of carbonyl (C=O) groups is 1. The highest BCUT2D eigenvalue weighted by molar-refractivity contribution is 5.68. The summed E-state index contributed by atoms with van der Waals surface area (Å²) in [5.74, 6) is -0.968. The second-order valence-electron chi connectivity index (χ2n) is 3.90. The molecule has 0 bridgehead atoms. The van der Waals surface area contributed by atoms with Crippen molar-refractivity contribution in [2.24, 2.45) is 11.5 Å². The third kappa shape index (κ3) is 5.33. The minimum Gasteiger partial charge on any atom is -0.480 e. The van der Waals surface area contributed by atoms with Crippen LogP contribution in [0.4, 0.5) is 0 Å². The number of hydrogen-bond donors (Lipinski definition) is 3. The van der Waals surface area contributed by atoms with Gasteiger partial charge in [0.05, 0.1) is 12.6 Å². The molecule has 5 N–H and O–H groups in total. The number of aliphatic carboxylic acids is 1. The average molecular weight is 258 g/mol. The number of carboxylic acid groups (broad SMARTS) is 1. The molecular weight excluding hydrogens is 240 g/mol. The van der Waals surface area contributed by atoms with Crippen LogP contribution in [-0.4, -0.2) is 17.6 Å². The Morgan fingerprint density at radius 2 is 1.26 bits per heavy atom. The lowest BCUT2D eigenvalue weighted by molar-refractivity contribution is -0.135. The fourth-order valence-electron chi connectivity index (χ4n) is 1.51. The number of benzene rings is 2. The fraction of sp³-hybridized carbons (Fsp3) is 0.133. The lowest BCUT2D eigenvalue weighted by Gasteiger charge is -2.11. The predicted molar refractivity (Wildman–Crippen MR) is 75.6 cm³/mol. The van der Waals surface area contributed by atoms with E-state index in [2.05, 4.69) is 30.0 Å². The van der Waals surface area contributed by atoms with Gasteiger partial charge in [-0.05, 0) is 11.1 Å². The van der Waals surface area contributed by atoms with Crippen LogP contribution >= 0.6 is 0 Å². The SMILES string of the molecule is NC(c1ccccc1)c1ccccc1.NCC(=O)O. The first kappa shape index (κ1) is 14.9. The number of nitrogens with two attached hydrogens (primary N) is 2. The van der Waals surface area contributed by atoms with E-state index in [1.54, 1.807) is 0 Å². The minimum atomic E-state index is -0.968. The van der Waals surface area contributed by atoms with E-state index in [9.17, 15) is 4.79 Å². The Balaban J connectivity index is 0.000000312. The summed E-state index contributed by atoms with van der Waals surface area (Å²) in [6.07, 6.45) is 0. The van der Waals surface area contributed by atoms with Crippen molar-refractivity contribution in [2.45, 2.75) is 6.04 Å². The molecule has 100 valence electrons. The Morgan fingerprint density at radius 1 is 0.947 bits per heavy atom. The molecule has 0 aliphatic rings. The summed E-state index contributed by atoms with van der Waals surface area (Å²) in [5, 5.41) is 7.60. The summed E-state index contributed by atoms with van der Waals surface area (Å²) >= 11 is 0. The predicted octanol–water partition coefficient (Wildman–Crippen LogP) is 1.76. The summed E-state index contributed by atoms with van der Waals surface area (Å²) in [7, 11) is 0. The van der Waals surface area contributed by atoms with Gasteiger partial charge in [-0.25, -0.2) is 0 Å². The van der Waals surface area contributed by atoms with E-state index in [1.807, 2.05) is 36.4 Å². The Kier molecular flexibility index (Phi) is 6.29. The molecule has 4 heteroatoms. The highest BCUT2D eigenvalue weighted by Crippen LogP contribution is 2.18. The normalized spacial score (nSPS) is 9.63. The Morgan fingerprint density at radius 3 is 1.53 bits per heavy atom. The third-order valence-electron chi connectivity index (χ3n) is 2.49. The number of carboxylic acids is 1. The van der Waals surface area contributed by atoms with Crippen LogP contribution in [-0.2, 0) is 4.79 Å². The molecule has 0 amide bonds. The zero-order chi connectivity index (χ0) is 14.1. The first-order valence-corrected chi connectivity index (χ1v) is 5.92. The van der Waals surface area contributed by atoms with Gasteiger partial charge in [-0.1, -0.05) is 60.7 Å². The summed E-state index contributed by atoms with van der Waals surface area (Å²) in [4.78, 5) is 9.24. The molecule has 4 nitrogen and oxygen atoms in total. The van der Waals surface area contributed by atoms with E-state index in [0.29, 0.717) is 0 Å². The van der Waals surface area contributed by atoms with Crippen LogP contribution in [0.3, 0.4) is 0 Å². The van der Waals surface area contributed by atoms with Gasteiger partial charge in [0.15, 0.2) is 0 Å². The fourth-order valence-corrected chi connectivity index (χ4v) is 1.51. The lowest BCUT2D eigenvalue weighted by atomic mass is 10.00. The molecule has 0 unspecified atom stereocenters. The molecule has 0 radical (unpaired) electrons. The van der Waals surface area contributed by atoms with Gasteiger partial charge in [0.1, 0.15) is 0 Å². The van der Waals surface area contributed by atoms with Crippen molar-refractivity contribution < 1.29 is 9.90 Å². The van der Waals surface area contributed by atoms with Gasteiger partial charge < -0.3 is 16.6 Å². The monoisotopic (exact) mass is 258 g/mol. The summed E-state index contributed by atoms with van der Waals surface area (Å²) in [6, 6.07) is 20.2. The smallest absolute Gasteiger partial charge is 0.317 e. The van der Waals surface area contributed by atoms with Gasteiger partial charge in [0.25, 0.3) is 0 Å². The van der Waals surface area contributed by atoms with E-state index in [1.165, 1.54) is 0 Å². The molecule has 2 aromatic carbocycles. The molecule has 0 aliphatic carbocycles. The summed E-state index contributed by atoms with van der Waals surface area (Å²) < 4.78 is 0. The molecule has 0 aliphatic heterocycles. The summed E-state index contributed by atoms with van der Waals surface area (Å²) in [5.41, 5.74) is 13.0. The first-order valence-electron chi connectivity index (χ1n) is 5.92. The molecular formula is C15H18N2O2. The van der Waals surface area contributed by atoms with E-state index >= 15 is 0 Å². The average Bonchev–Trinajstić information content (AvgIpc) is 2.49. The van der Waals surface area contributed by atoms with E-state index < -0.39 is 5.97 Å². The van der Waals surface area contributed by atoms with Gasteiger partial charge >= 0.3 is 5.97 Å². The van der Waals surface area contributed by atoms with Crippen LogP contribution in [0.2, 0.25) is 0 Å². The molecule has 0 saturated heterocycles.